The van der Waals surface area contributed by atoms with E-state index in [4.69, 9.17) is 14.7 Å². The van der Waals surface area contributed by atoms with Crippen molar-refractivity contribution in [3.63, 3.8) is 0 Å². The zero-order chi connectivity index (χ0) is 22.1. The van der Waals surface area contributed by atoms with Gasteiger partial charge in [-0.05, 0) is 43.2 Å². The van der Waals surface area contributed by atoms with Crippen molar-refractivity contribution in [2.24, 2.45) is 0 Å². The Morgan fingerprint density at radius 3 is 2.75 bits per heavy atom. The van der Waals surface area contributed by atoms with Crippen LogP contribution in [-0.4, -0.2) is 37.5 Å². The van der Waals surface area contributed by atoms with E-state index in [1.807, 2.05) is 34.9 Å². The van der Waals surface area contributed by atoms with Gasteiger partial charge in [-0.3, -0.25) is 9.36 Å². The third-order valence-electron chi connectivity index (χ3n) is 5.13. The van der Waals surface area contributed by atoms with Crippen molar-refractivity contribution in [2.45, 2.75) is 18.8 Å². The minimum absolute atomic E-state index is 0.262. The summed E-state index contributed by atoms with van der Waals surface area (Å²) < 4.78 is 7.14. The Kier molecular flexibility index (Phi) is 4.98. The van der Waals surface area contributed by atoms with Crippen molar-refractivity contribution in [3.05, 3.63) is 67.3 Å². The molecule has 0 atom stereocenters. The number of ether oxygens (including phenoxy) is 1. The van der Waals surface area contributed by atoms with Gasteiger partial charge in [-0.2, -0.15) is 4.98 Å². The topological polar surface area (TPSA) is 107 Å². The monoisotopic (exact) mass is 427 g/mol. The summed E-state index contributed by atoms with van der Waals surface area (Å²) in [5, 5.41) is 5.98. The standard InChI is InChI=1S/C23H21N7O2/c1-3-19(31)26-15-5-4-6-17(11-15)30-21(14-7-8-14)28-18-13-25-23(29-22(18)30)27-16-9-10-20(32-2)24-12-16/h3-6,9-14H,1,7-8H2,2H3,(H,26,31)(H,25,27,29). The predicted octanol–water partition coefficient (Wildman–Crippen LogP) is 3.96. The molecule has 0 radical (unpaired) electrons. The molecular formula is C23H21N7O2. The maximum atomic E-state index is 11.7. The Morgan fingerprint density at radius 1 is 1.16 bits per heavy atom. The van der Waals surface area contributed by atoms with E-state index in [0.29, 0.717) is 34.6 Å². The number of anilines is 3. The van der Waals surface area contributed by atoms with Crippen molar-refractivity contribution in [3.8, 4) is 11.6 Å². The SMILES string of the molecule is C=CC(=O)Nc1cccc(-n2c(C3CC3)nc3cnc(Nc4ccc(OC)nc4)nc32)c1. The lowest BCUT2D eigenvalue weighted by atomic mass is 10.2. The van der Waals surface area contributed by atoms with E-state index >= 15 is 0 Å². The number of hydrogen-bond acceptors (Lipinski definition) is 7. The molecule has 1 aliphatic rings. The molecule has 0 unspecified atom stereocenters. The van der Waals surface area contributed by atoms with Gasteiger partial charge in [-0.1, -0.05) is 12.6 Å². The number of benzene rings is 1. The van der Waals surface area contributed by atoms with E-state index in [2.05, 4.69) is 27.2 Å². The Morgan fingerprint density at radius 2 is 2.03 bits per heavy atom. The summed E-state index contributed by atoms with van der Waals surface area (Å²) in [4.78, 5) is 29.9. The third-order valence-corrected chi connectivity index (χ3v) is 5.13. The van der Waals surface area contributed by atoms with Gasteiger partial charge in [-0.15, -0.1) is 0 Å². The molecule has 5 rings (SSSR count). The Balaban J connectivity index is 1.55. The minimum atomic E-state index is -0.262. The number of imidazole rings is 1. The molecule has 32 heavy (non-hydrogen) atoms. The molecule has 1 fully saturated rings. The number of aromatic nitrogens is 5. The van der Waals surface area contributed by atoms with Crippen LogP contribution < -0.4 is 15.4 Å². The number of methoxy groups -OCH3 is 1. The van der Waals surface area contributed by atoms with E-state index in [1.54, 1.807) is 25.6 Å². The van der Waals surface area contributed by atoms with Crippen molar-refractivity contribution in [1.29, 1.82) is 0 Å². The molecule has 0 spiro atoms. The quantitative estimate of drug-likeness (QED) is 0.430. The fourth-order valence-electron chi connectivity index (χ4n) is 3.44. The highest BCUT2D eigenvalue weighted by Crippen LogP contribution is 2.41. The van der Waals surface area contributed by atoms with Crippen LogP contribution in [0.15, 0.2) is 61.4 Å². The first kappa shape index (κ1) is 19.7. The van der Waals surface area contributed by atoms with Gasteiger partial charge in [0, 0.05) is 17.7 Å². The van der Waals surface area contributed by atoms with Gasteiger partial charge >= 0.3 is 0 Å². The average Bonchev–Trinajstić information content (AvgIpc) is 3.60. The highest BCUT2D eigenvalue weighted by Gasteiger charge is 2.31. The number of hydrogen-bond donors (Lipinski definition) is 2. The Bertz CT molecular complexity index is 1310. The molecule has 2 N–H and O–H groups in total. The van der Waals surface area contributed by atoms with Gasteiger partial charge in [-0.25, -0.2) is 15.0 Å². The maximum absolute atomic E-state index is 11.7. The number of nitrogens with zero attached hydrogens (tertiary/aromatic N) is 5. The fourth-order valence-corrected chi connectivity index (χ4v) is 3.44. The molecule has 3 aromatic heterocycles. The molecular weight excluding hydrogens is 406 g/mol. The summed E-state index contributed by atoms with van der Waals surface area (Å²) in [7, 11) is 1.57. The predicted molar refractivity (Wildman–Crippen MR) is 122 cm³/mol. The average molecular weight is 427 g/mol. The normalized spacial score (nSPS) is 13.0. The molecule has 0 saturated heterocycles. The van der Waals surface area contributed by atoms with Crippen LogP contribution in [0.4, 0.5) is 17.3 Å². The lowest BCUT2D eigenvalue weighted by Gasteiger charge is -2.11. The van der Waals surface area contributed by atoms with Gasteiger partial charge in [0.15, 0.2) is 5.65 Å². The van der Waals surface area contributed by atoms with E-state index in [1.165, 1.54) is 6.08 Å². The van der Waals surface area contributed by atoms with Crippen LogP contribution in [-0.2, 0) is 4.79 Å². The summed E-state index contributed by atoms with van der Waals surface area (Å²) in [6.07, 6.45) is 6.80. The number of fused-ring (bicyclic) bond motifs is 1. The van der Waals surface area contributed by atoms with E-state index in [0.717, 1.165) is 30.0 Å². The van der Waals surface area contributed by atoms with Gasteiger partial charge in [0.05, 0.1) is 30.9 Å². The number of amides is 1. The molecule has 9 heteroatoms. The van der Waals surface area contributed by atoms with Crippen molar-refractivity contribution in [2.75, 3.05) is 17.7 Å². The zero-order valence-corrected chi connectivity index (χ0v) is 17.4. The third kappa shape index (κ3) is 3.87. The second-order valence-electron chi connectivity index (χ2n) is 7.44. The van der Waals surface area contributed by atoms with Crippen LogP contribution in [0.25, 0.3) is 16.9 Å². The molecule has 160 valence electrons. The van der Waals surface area contributed by atoms with Crippen molar-refractivity contribution >= 4 is 34.4 Å². The molecule has 3 heterocycles. The summed E-state index contributed by atoms with van der Waals surface area (Å²) in [5.41, 5.74) is 3.69. The van der Waals surface area contributed by atoms with E-state index in [-0.39, 0.29) is 5.91 Å². The fraction of sp³-hybridized carbons (Fsp3) is 0.174. The highest BCUT2D eigenvalue weighted by molar-refractivity contribution is 5.99. The highest BCUT2D eigenvalue weighted by atomic mass is 16.5. The Hall–Kier alpha value is -4.27. The minimum Gasteiger partial charge on any atom is -0.481 e. The second-order valence-corrected chi connectivity index (χ2v) is 7.44. The second kappa shape index (κ2) is 8.10. The van der Waals surface area contributed by atoms with Crippen LogP contribution >= 0.6 is 0 Å². The molecule has 9 nitrogen and oxygen atoms in total. The Labute approximate surface area is 184 Å². The number of rotatable bonds is 7. The van der Waals surface area contributed by atoms with Crippen LogP contribution in [0.2, 0.25) is 0 Å². The largest absolute Gasteiger partial charge is 0.481 e. The molecule has 1 amide bonds. The lowest BCUT2D eigenvalue weighted by Crippen LogP contribution is -2.08. The summed E-state index contributed by atoms with van der Waals surface area (Å²) in [6.45, 7) is 3.51. The van der Waals surface area contributed by atoms with E-state index < -0.39 is 0 Å². The maximum Gasteiger partial charge on any atom is 0.247 e. The first-order valence-corrected chi connectivity index (χ1v) is 10.2. The number of pyridine rings is 1. The summed E-state index contributed by atoms with van der Waals surface area (Å²) in [6, 6.07) is 11.2. The first-order valence-electron chi connectivity index (χ1n) is 10.2. The van der Waals surface area contributed by atoms with Crippen molar-refractivity contribution < 1.29 is 9.53 Å². The molecule has 4 aromatic rings. The van der Waals surface area contributed by atoms with Gasteiger partial charge < -0.3 is 15.4 Å². The van der Waals surface area contributed by atoms with Gasteiger partial charge in [0.1, 0.15) is 11.3 Å². The molecule has 1 aliphatic carbocycles. The smallest absolute Gasteiger partial charge is 0.247 e. The first-order chi connectivity index (χ1) is 15.6. The van der Waals surface area contributed by atoms with Crippen molar-refractivity contribution in [1.82, 2.24) is 24.5 Å². The molecule has 0 aliphatic heterocycles. The molecule has 0 bridgehead atoms. The van der Waals surface area contributed by atoms with Crippen LogP contribution in [0.1, 0.15) is 24.6 Å². The van der Waals surface area contributed by atoms with E-state index in [9.17, 15) is 4.79 Å². The summed E-state index contributed by atoms with van der Waals surface area (Å²) in [5.74, 6) is 2.04. The molecule has 1 saturated carbocycles. The molecule has 1 aromatic carbocycles. The van der Waals surface area contributed by atoms with Crippen LogP contribution in [0, 0.1) is 0 Å². The van der Waals surface area contributed by atoms with Crippen LogP contribution in [0.3, 0.4) is 0 Å². The van der Waals surface area contributed by atoms with Gasteiger partial charge in [0.25, 0.3) is 0 Å². The van der Waals surface area contributed by atoms with Gasteiger partial charge in [0.2, 0.25) is 17.7 Å². The number of carbonyl (C=O) groups excluding carboxylic acids is 1. The summed E-state index contributed by atoms with van der Waals surface area (Å²) >= 11 is 0. The lowest BCUT2D eigenvalue weighted by molar-refractivity contribution is -0.111. The number of carbonyl (C=O) groups is 1. The number of nitrogens with one attached hydrogen (secondary N) is 2. The zero-order valence-electron chi connectivity index (χ0n) is 17.4. The van der Waals surface area contributed by atoms with Crippen LogP contribution in [0.5, 0.6) is 5.88 Å².